The summed E-state index contributed by atoms with van der Waals surface area (Å²) in [5.41, 5.74) is 2.21. The zero-order valence-electron chi connectivity index (χ0n) is 12.2. The van der Waals surface area contributed by atoms with E-state index in [-0.39, 0.29) is 5.78 Å². The van der Waals surface area contributed by atoms with Crippen LogP contribution in [0.2, 0.25) is 0 Å². The summed E-state index contributed by atoms with van der Waals surface area (Å²) < 4.78 is 0. The van der Waals surface area contributed by atoms with E-state index in [0.717, 1.165) is 20.9 Å². The Bertz CT molecular complexity index is 677. The van der Waals surface area contributed by atoms with Crippen LogP contribution in [0.1, 0.15) is 29.8 Å². The lowest BCUT2D eigenvalue weighted by atomic mass is 10.1. The first kappa shape index (κ1) is 15.6. The molecule has 2 unspecified atom stereocenters. The molecule has 114 valence electrons. The molecule has 1 aliphatic carbocycles. The number of aliphatic hydroxyl groups excluding tert-OH is 2. The molecule has 22 heavy (non-hydrogen) atoms. The van der Waals surface area contributed by atoms with E-state index in [4.69, 9.17) is 0 Å². The van der Waals surface area contributed by atoms with Gasteiger partial charge in [-0.25, -0.2) is 0 Å². The van der Waals surface area contributed by atoms with Crippen LogP contribution in [0.15, 0.2) is 46.2 Å². The minimum Gasteiger partial charge on any atom is -0.382 e. The summed E-state index contributed by atoms with van der Waals surface area (Å²) in [6, 6.07) is 11.3. The molecule has 5 heteroatoms. The summed E-state index contributed by atoms with van der Waals surface area (Å²) >= 11 is 2.71. The summed E-state index contributed by atoms with van der Waals surface area (Å²) in [6.07, 6.45) is 0. The van der Waals surface area contributed by atoms with Crippen molar-refractivity contribution < 1.29 is 15.0 Å². The maximum Gasteiger partial charge on any atom is 0.194 e. The Morgan fingerprint density at radius 1 is 0.773 bits per heavy atom. The van der Waals surface area contributed by atoms with Gasteiger partial charge in [-0.2, -0.15) is 0 Å². The Morgan fingerprint density at radius 2 is 1.18 bits per heavy atom. The van der Waals surface area contributed by atoms with Crippen LogP contribution in [-0.2, 0) is 0 Å². The van der Waals surface area contributed by atoms with E-state index < -0.39 is 10.9 Å². The third-order valence-corrected chi connectivity index (χ3v) is 5.11. The van der Waals surface area contributed by atoms with E-state index in [0.29, 0.717) is 11.1 Å². The molecule has 0 aliphatic heterocycles. The number of rotatable bonds is 4. The molecule has 2 aromatic rings. The molecule has 0 heterocycles. The van der Waals surface area contributed by atoms with Crippen molar-refractivity contribution in [2.75, 3.05) is 0 Å². The lowest BCUT2D eigenvalue weighted by Gasteiger charge is -2.08. The molecule has 0 radical (unpaired) electrons. The highest BCUT2D eigenvalue weighted by atomic mass is 32.2. The van der Waals surface area contributed by atoms with Gasteiger partial charge in [0.15, 0.2) is 5.78 Å². The third-order valence-electron chi connectivity index (χ3n) is 3.37. The molecular formula is C17H16O3S2. The van der Waals surface area contributed by atoms with Crippen molar-refractivity contribution in [3.8, 4) is 11.1 Å². The van der Waals surface area contributed by atoms with Crippen LogP contribution in [0.3, 0.4) is 0 Å². The predicted molar refractivity (Wildman–Crippen MR) is 90.4 cm³/mol. The van der Waals surface area contributed by atoms with Crippen molar-refractivity contribution in [2.24, 2.45) is 0 Å². The van der Waals surface area contributed by atoms with Gasteiger partial charge < -0.3 is 10.2 Å². The van der Waals surface area contributed by atoms with Crippen molar-refractivity contribution in [1.29, 1.82) is 0 Å². The lowest BCUT2D eigenvalue weighted by molar-refractivity contribution is 0.104. The van der Waals surface area contributed by atoms with Crippen molar-refractivity contribution in [2.45, 2.75) is 34.5 Å². The van der Waals surface area contributed by atoms with Gasteiger partial charge >= 0.3 is 0 Å². The van der Waals surface area contributed by atoms with Crippen molar-refractivity contribution in [3.63, 3.8) is 0 Å². The second kappa shape index (κ2) is 6.08. The number of benzene rings is 2. The fourth-order valence-electron chi connectivity index (χ4n) is 2.57. The molecule has 0 saturated heterocycles. The van der Waals surface area contributed by atoms with Gasteiger partial charge in [-0.3, -0.25) is 4.79 Å². The molecule has 0 amide bonds. The molecule has 0 aromatic heterocycles. The summed E-state index contributed by atoms with van der Waals surface area (Å²) in [5.74, 6) is 0.0344. The quantitative estimate of drug-likeness (QED) is 0.563. The third kappa shape index (κ3) is 2.94. The van der Waals surface area contributed by atoms with E-state index >= 15 is 0 Å². The number of carbonyl (C=O) groups excluding carboxylic acids is 1. The Balaban J connectivity index is 2.06. The van der Waals surface area contributed by atoms with Crippen LogP contribution in [-0.4, -0.2) is 26.9 Å². The van der Waals surface area contributed by atoms with Crippen LogP contribution in [0.4, 0.5) is 0 Å². The van der Waals surface area contributed by atoms with Crippen molar-refractivity contribution >= 4 is 29.3 Å². The number of ketones is 1. The van der Waals surface area contributed by atoms with E-state index in [9.17, 15) is 15.0 Å². The lowest BCUT2D eigenvalue weighted by Crippen LogP contribution is -1.95. The molecule has 0 saturated carbocycles. The normalized spacial score (nSPS) is 15.4. The maximum absolute atomic E-state index is 12.4. The summed E-state index contributed by atoms with van der Waals surface area (Å²) in [7, 11) is 0. The van der Waals surface area contributed by atoms with Gasteiger partial charge in [-0.05, 0) is 61.4 Å². The topological polar surface area (TPSA) is 57.5 Å². The van der Waals surface area contributed by atoms with Gasteiger partial charge in [-0.15, -0.1) is 0 Å². The Kier molecular flexibility index (Phi) is 4.32. The van der Waals surface area contributed by atoms with Crippen LogP contribution in [0, 0.1) is 0 Å². The molecule has 0 spiro atoms. The smallest absolute Gasteiger partial charge is 0.194 e. The SMILES string of the molecule is CC(O)Sc1ccc2c(c1)-c1cc(SC(C)O)ccc1C2=O. The standard InChI is InChI=1S/C17H16O3S2/c1-9(18)21-11-3-5-13-15(7-11)16-8-12(22-10(2)19)4-6-14(16)17(13)20/h3-10,18-19H,1-2H3. The summed E-state index contributed by atoms with van der Waals surface area (Å²) in [4.78, 5) is 14.3. The van der Waals surface area contributed by atoms with Gasteiger partial charge in [0.05, 0.1) is 0 Å². The second-order valence-corrected chi connectivity index (χ2v) is 7.96. The predicted octanol–water partition coefficient (Wildman–Crippen LogP) is 3.76. The monoisotopic (exact) mass is 332 g/mol. The fourth-order valence-corrected chi connectivity index (χ4v) is 4.03. The van der Waals surface area contributed by atoms with Crippen LogP contribution in [0.5, 0.6) is 0 Å². The van der Waals surface area contributed by atoms with Crippen LogP contribution >= 0.6 is 23.5 Å². The number of aliphatic hydroxyl groups is 2. The molecule has 2 atom stereocenters. The highest BCUT2D eigenvalue weighted by molar-refractivity contribution is 8.00. The average molecular weight is 332 g/mol. The summed E-state index contributed by atoms with van der Waals surface area (Å²) in [5, 5.41) is 19.0. The minimum atomic E-state index is -0.494. The second-order valence-electron chi connectivity index (χ2n) is 5.18. The Morgan fingerprint density at radius 3 is 1.55 bits per heavy atom. The maximum atomic E-state index is 12.4. The average Bonchev–Trinajstić information content (AvgIpc) is 2.70. The van der Waals surface area contributed by atoms with Crippen molar-refractivity contribution in [1.82, 2.24) is 0 Å². The molecule has 2 N–H and O–H groups in total. The largest absolute Gasteiger partial charge is 0.382 e. The Labute approximate surface area is 137 Å². The number of hydrogen-bond acceptors (Lipinski definition) is 5. The number of fused-ring (bicyclic) bond motifs is 3. The van der Waals surface area contributed by atoms with Gasteiger partial charge in [0, 0.05) is 20.9 Å². The highest BCUT2D eigenvalue weighted by Crippen LogP contribution is 2.41. The number of carbonyl (C=O) groups is 1. The zero-order valence-corrected chi connectivity index (χ0v) is 13.9. The number of hydrogen-bond donors (Lipinski definition) is 2. The highest BCUT2D eigenvalue weighted by Gasteiger charge is 2.27. The first-order valence-corrected chi connectivity index (χ1v) is 8.74. The fraction of sp³-hybridized carbons (Fsp3) is 0.235. The minimum absolute atomic E-state index is 0.0344. The Hall–Kier alpha value is -1.27. The molecule has 3 rings (SSSR count). The first-order chi connectivity index (χ1) is 10.5. The van der Waals surface area contributed by atoms with E-state index in [1.807, 2.05) is 36.4 Å². The van der Waals surface area contributed by atoms with Gasteiger partial charge in [0.1, 0.15) is 10.9 Å². The van der Waals surface area contributed by atoms with Crippen molar-refractivity contribution in [3.05, 3.63) is 47.5 Å². The van der Waals surface area contributed by atoms with Gasteiger partial charge in [0.2, 0.25) is 0 Å². The van der Waals surface area contributed by atoms with E-state index in [1.54, 1.807) is 13.8 Å². The van der Waals surface area contributed by atoms with Crippen LogP contribution < -0.4 is 0 Å². The van der Waals surface area contributed by atoms with E-state index in [2.05, 4.69) is 0 Å². The van der Waals surface area contributed by atoms with E-state index in [1.165, 1.54) is 23.5 Å². The molecular weight excluding hydrogens is 316 g/mol. The first-order valence-electron chi connectivity index (χ1n) is 6.98. The summed E-state index contributed by atoms with van der Waals surface area (Å²) in [6.45, 7) is 3.43. The molecule has 0 fully saturated rings. The zero-order chi connectivity index (χ0) is 15.9. The molecule has 3 nitrogen and oxygen atoms in total. The van der Waals surface area contributed by atoms with Crippen LogP contribution in [0.25, 0.3) is 11.1 Å². The molecule has 0 bridgehead atoms. The van der Waals surface area contributed by atoms with Gasteiger partial charge in [-0.1, -0.05) is 23.5 Å². The van der Waals surface area contributed by atoms with Gasteiger partial charge in [0.25, 0.3) is 0 Å². The molecule has 2 aromatic carbocycles. The number of thioether (sulfide) groups is 2. The molecule has 1 aliphatic rings.